The van der Waals surface area contributed by atoms with Crippen molar-refractivity contribution in [3.05, 3.63) is 51.2 Å². The zero-order valence-corrected chi connectivity index (χ0v) is 13.3. The van der Waals surface area contributed by atoms with Gasteiger partial charge in [0.05, 0.1) is 7.11 Å². The van der Waals surface area contributed by atoms with Gasteiger partial charge in [-0.25, -0.2) is 0 Å². The zero-order chi connectivity index (χ0) is 14.3. The van der Waals surface area contributed by atoms with E-state index in [0.29, 0.717) is 0 Å². The average Bonchev–Trinajstić information content (AvgIpc) is 2.97. The van der Waals surface area contributed by atoms with Gasteiger partial charge in [0.25, 0.3) is 0 Å². The first kappa shape index (κ1) is 13.6. The summed E-state index contributed by atoms with van der Waals surface area (Å²) in [5.74, 6) is 0.756. The van der Waals surface area contributed by atoms with Crippen molar-refractivity contribution in [1.29, 1.82) is 0 Å². The Kier molecular flexibility index (Phi) is 3.54. The van der Waals surface area contributed by atoms with Gasteiger partial charge in [-0.1, -0.05) is 6.07 Å². The molecule has 0 amide bonds. The summed E-state index contributed by atoms with van der Waals surface area (Å²) in [6.45, 7) is 4.05. The molecule has 0 bridgehead atoms. The third kappa shape index (κ3) is 2.24. The van der Waals surface area contributed by atoms with Crippen molar-refractivity contribution in [3.63, 3.8) is 0 Å². The van der Waals surface area contributed by atoms with E-state index in [1.807, 2.05) is 19.9 Å². The van der Waals surface area contributed by atoms with Gasteiger partial charge in [0, 0.05) is 19.8 Å². The van der Waals surface area contributed by atoms with Gasteiger partial charge in [-0.2, -0.15) is 0 Å². The van der Waals surface area contributed by atoms with E-state index in [9.17, 15) is 5.11 Å². The van der Waals surface area contributed by atoms with Crippen LogP contribution in [0.2, 0.25) is 0 Å². The number of aryl methyl sites for hydroxylation is 2. The summed E-state index contributed by atoms with van der Waals surface area (Å²) in [7, 11) is 1.65. The summed E-state index contributed by atoms with van der Waals surface area (Å²) < 4.78 is 7.91. The standard InChI is InChI=1S/C16H16O2S2/c1-9-6-10(2)15(11(7-9)18-3)16(17)14-8-13-12(20-14)4-5-19-13/h4-8,16-17H,1-3H3. The van der Waals surface area contributed by atoms with Crippen molar-refractivity contribution < 1.29 is 9.84 Å². The summed E-state index contributed by atoms with van der Waals surface area (Å²) >= 11 is 3.35. The molecule has 3 aromatic rings. The first-order chi connectivity index (χ1) is 9.60. The van der Waals surface area contributed by atoms with Gasteiger partial charge < -0.3 is 9.84 Å². The first-order valence-corrected chi connectivity index (χ1v) is 8.10. The Labute approximate surface area is 126 Å². The molecule has 1 atom stereocenters. The van der Waals surface area contributed by atoms with Crippen LogP contribution in [-0.4, -0.2) is 12.2 Å². The number of fused-ring (bicyclic) bond motifs is 1. The maximum Gasteiger partial charge on any atom is 0.125 e. The van der Waals surface area contributed by atoms with E-state index in [1.165, 1.54) is 9.40 Å². The smallest absolute Gasteiger partial charge is 0.125 e. The maximum absolute atomic E-state index is 10.7. The molecule has 0 saturated carbocycles. The van der Waals surface area contributed by atoms with Gasteiger partial charge in [-0.15, -0.1) is 22.7 Å². The summed E-state index contributed by atoms with van der Waals surface area (Å²) in [6.07, 6.45) is -0.629. The first-order valence-electron chi connectivity index (χ1n) is 6.40. The van der Waals surface area contributed by atoms with Gasteiger partial charge >= 0.3 is 0 Å². The van der Waals surface area contributed by atoms with Gasteiger partial charge in [0.1, 0.15) is 11.9 Å². The maximum atomic E-state index is 10.7. The molecule has 0 saturated heterocycles. The van der Waals surface area contributed by atoms with E-state index in [0.717, 1.165) is 27.3 Å². The molecule has 2 nitrogen and oxygen atoms in total. The third-order valence-electron chi connectivity index (χ3n) is 3.41. The molecule has 1 N–H and O–H groups in total. The Morgan fingerprint density at radius 1 is 1.15 bits per heavy atom. The molecule has 0 aliphatic heterocycles. The number of hydrogen-bond acceptors (Lipinski definition) is 4. The second-order valence-electron chi connectivity index (χ2n) is 4.90. The van der Waals surface area contributed by atoms with Crippen molar-refractivity contribution in [3.8, 4) is 5.75 Å². The zero-order valence-electron chi connectivity index (χ0n) is 11.6. The summed E-state index contributed by atoms with van der Waals surface area (Å²) in [6, 6.07) is 8.23. The highest BCUT2D eigenvalue weighted by Gasteiger charge is 2.20. The van der Waals surface area contributed by atoms with Crippen LogP contribution >= 0.6 is 22.7 Å². The van der Waals surface area contributed by atoms with Crippen LogP contribution < -0.4 is 4.74 Å². The molecule has 20 heavy (non-hydrogen) atoms. The fourth-order valence-corrected chi connectivity index (χ4v) is 4.64. The number of aliphatic hydroxyl groups is 1. The molecule has 1 aromatic carbocycles. The van der Waals surface area contributed by atoms with Crippen LogP contribution in [0.3, 0.4) is 0 Å². The molecule has 1 unspecified atom stereocenters. The van der Waals surface area contributed by atoms with Crippen LogP contribution in [-0.2, 0) is 0 Å². The quantitative estimate of drug-likeness (QED) is 0.762. The van der Waals surface area contributed by atoms with Gasteiger partial charge in [0.15, 0.2) is 0 Å². The van der Waals surface area contributed by atoms with Crippen molar-refractivity contribution in [2.45, 2.75) is 20.0 Å². The molecular formula is C16H16O2S2. The van der Waals surface area contributed by atoms with Crippen LogP contribution in [0.15, 0.2) is 29.6 Å². The van der Waals surface area contributed by atoms with E-state index >= 15 is 0 Å². The van der Waals surface area contributed by atoms with E-state index in [1.54, 1.807) is 29.8 Å². The van der Waals surface area contributed by atoms with E-state index in [2.05, 4.69) is 23.6 Å². The second-order valence-corrected chi connectivity index (χ2v) is 6.96. The summed E-state index contributed by atoms with van der Waals surface area (Å²) in [4.78, 5) is 0.970. The summed E-state index contributed by atoms with van der Waals surface area (Å²) in [5, 5.41) is 12.8. The van der Waals surface area contributed by atoms with Crippen molar-refractivity contribution >= 4 is 32.1 Å². The Morgan fingerprint density at radius 2 is 1.95 bits per heavy atom. The molecule has 3 rings (SSSR count). The van der Waals surface area contributed by atoms with Crippen molar-refractivity contribution in [2.75, 3.05) is 7.11 Å². The number of ether oxygens (including phenoxy) is 1. The van der Waals surface area contributed by atoms with Crippen molar-refractivity contribution in [2.24, 2.45) is 0 Å². The molecule has 104 valence electrons. The molecular weight excluding hydrogens is 288 g/mol. The summed E-state index contributed by atoms with van der Waals surface area (Å²) in [5.41, 5.74) is 3.07. The number of methoxy groups -OCH3 is 1. The van der Waals surface area contributed by atoms with E-state index in [-0.39, 0.29) is 0 Å². The third-order valence-corrected chi connectivity index (χ3v) is 5.56. The molecule has 0 aliphatic carbocycles. The number of benzene rings is 1. The van der Waals surface area contributed by atoms with E-state index in [4.69, 9.17) is 4.74 Å². The number of rotatable bonds is 3. The molecule has 2 aromatic heterocycles. The SMILES string of the molecule is COc1cc(C)cc(C)c1C(O)c1cc2sccc2s1. The highest BCUT2D eigenvalue weighted by atomic mass is 32.1. The van der Waals surface area contributed by atoms with Crippen LogP contribution in [0, 0.1) is 13.8 Å². The Morgan fingerprint density at radius 3 is 2.65 bits per heavy atom. The number of thiophene rings is 2. The molecule has 0 fully saturated rings. The molecule has 0 radical (unpaired) electrons. The van der Waals surface area contributed by atoms with E-state index < -0.39 is 6.10 Å². The Bertz CT molecular complexity index is 727. The molecule has 2 heterocycles. The predicted molar refractivity (Wildman–Crippen MR) is 86.2 cm³/mol. The lowest BCUT2D eigenvalue weighted by Gasteiger charge is -2.17. The monoisotopic (exact) mass is 304 g/mol. The lowest BCUT2D eigenvalue weighted by molar-refractivity contribution is 0.217. The van der Waals surface area contributed by atoms with Gasteiger partial charge in [0.2, 0.25) is 0 Å². The molecule has 0 spiro atoms. The highest BCUT2D eigenvalue weighted by Crippen LogP contribution is 2.39. The van der Waals surface area contributed by atoms with Gasteiger partial charge in [-0.3, -0.25) is 0 Å². The number of aliphatic hydroxyl groups excluding tert-OH is 1. The highest BCUT2D eigenvalue weighted by molar-refractivity contribution is 7.26. The number of hydrogen-bond donors (Lipinski definition) is 1. The second kappa shape index (κ2) is 5.20. The largest absolute Gasteiger partial charge is 0.496 e. The Balaban J connectivity index is 2.10. The minimum atomic E-state index is -0.629. The van der Waals surface area contributed by atoms with Crippen LogP contribution in [0.4, 0.5) is 0 Å². The average molecular weight is 304 g/mol. The fourth-order valence-electron chi connectivity index (χ4n) is 2.52. The topological polar surface area (TPSA) is 29.5 Å². The minimum absolute atomic E-state index is 0.629. The normalized spacial score (nSPS) is 12.8. The van der Waals surface area contributed by atoms with Gasteiger partial charge in [-0.05, 0) is 48.6 Å². The molecule has 0 aliphatic rings. The van der Waals surface area contributed by atoms with Crippen LogP contribution in [0.25, 0.3) is 9.40 Å². The lowest BCUT2D eigenvalue weighted by Crippen LogP contribution is -2.04. The fraction of sp³-hybridized carbons (Fsp3) is 0.250. The minimum Gasteiger partial charge on any atom is -0.496 e. The Hall–Kier alpha value is -1.36. The van der Waals surface area contributed by atoms with Crippen LogP contribution in [0.1, 0.15) is 27.7 Å². The molecule has 4 heteroatoms. The lowest BCUT2D eigenvalue weighted by atomic mass is 9.98. The van der Waals surface area contributed by atoms with Crippen LogP contribution in [0.5, 0.6) is 5.75 Å². The predicted octanol–water partition coefficient (Wildman–Crippen LogP) is 4.67. The van der Waals surface area contributed by atoms with Crippen molar-refractivity contribution in [1.82, 2.24) is 0 Å².